The standard InChI is InChI=1S/C29H32N6O4/c1-29(2,3)39-28(38)35-14-7-6-11-20(35)17-31-25(36)21-12-8-13-22-24(21)33-27(32-22)34-26(37)23-15-18-9-4-5-10-19(18)16-30-23/h4-5,8-10,12-13,15-16,20H,6-7,11,14,17H2,1-3H3,(H,31,36)(H2,32,33,34,37). The van der Waals surface area contributed by atoms with Crippen molar-refractivity contribution in [1.29, 1.82) is 0 Å². The van der Waals surface area contributed by atoms with Crippen molar-refractivity contribution in [2.75, 3.05) is 18.4 Å². The van der Waals surface area contributed by atoms with Crippen molar-refractivity contribution < 1.29 is 19.1 Å². The van der Waals surface area contributed by atoms with Gasteiger partial charge in [-0.1, -0.05) is 30.3 Å². The number of benzene rings is 2. The van der Waals surface area contributed by atoms with E-state index in [1.807, 2.05) is 45.0 Å². The van der Waals surface area contributed by atoms with Gasteiger partial charge in [-0.15, -0.1) is 0 Å². The molecular weight excluding hydrogens is 496 g/mol. The molecule has 1 aliphatic heterocycles. The van der Waals surface area contributed by atoms with Crippen LogP contribution in [0.4, 0.5) is 10.7 Å². The quantitative estimate of drug-likeness (QED) is 0.338. The summed E-state index contributed by atoms with van der Waals surface area (Å²) in [7, 11) is 0. The van der Waals surface area contributed by atoms with Crippen LogP contribution in [-0.2, 0) is 4.74 Å². The second-order valence-electron chi connectivity index (χ2n) is 10.7. The minimum Gasteiger partial charge on any atom is -0.444 e. The third kappa shape index (κ3) is 6.00. The highest BCUT2D eigenvalue weighted by Gasteiger charge is 2.31. The first-order chi connectivity index (χ1) is 18.7. The van der Waals surface area contributed by atoms with Crippen LogP contribution in [0, 0.1) is 0 Å². The number of rotatable bonds is 5. The molecule has 3 amide bonds. The maximum absolute atomic E-state index is 13.2. The summed E-state index contributed by atoms with van der Waals surface area (Å²) in [6, 6.07) is 14.4. The lowest BCUT2D eigenvalue weighted by atomic mass is 10.0. The summed E-state index contributed by atoms with van der Waals surface area (Å²) in [4.78, 5) is 52.2. The number of carbonyl (C=O) groups is 3. The molecule has 1 aliphatic rings. The minimum absolute atomic E-state index is 0.153. The molecule has 3 heterocycles. The second kappa shape index (κ2) is 10.7. The highest BCUT2D eigenvalue weighted by Crippen LogP contribution is 2.22. The number of carbonyl (C=O) groups excluding carboxylic acids is 3. The van der Waals surface area contributed by atoms with Crippen molar-refractivity contribution in [3.8, 4) is 0 Å². The summed E-state index contributed by atoms with van der Waals surface area (Å²) in [6.45, 7) is 6.41. The van der Waals surface area contributed by atoms with Crippen LogP contribution in [0.3, 0.4) is 0 Å². The van der Waals surface area contributed by atoms with Crippen LogP contribution in [0.2, 0.25) is 0 Å². The van der Waals surface area contributed by atoms with E-state index in [1.165, 1.54) is 0 Å². The Morgan fingerprint density at radius 2 is 1.85 bits per heavy atom. The molecule has 10 nitrogen and oxygen atoms in total. The van der Waals surface area contributed by atoms with Crippen molar-refractivity contribution in [3.05, 3.63) is 66.0 Å². The molecule has 0 spiro atoms. The van der Waals surface area contributed by atoms with Gasteiger partial charge < -0.3 is 19.9 Å². The van der Waals surface area contributed by atoms with Gasteiger partial charge in [-0.05, 0) is 63.6 Å². The van der Waals surface area contributed by atoms with Crippen molar-refractivity contribution in [2.45, 2.75) is 51.7 Å². The number of aromatic nitrogens is 3. The molecule has 1 unspecified atom stereocenters. The number of pyridine rings is 1. The average Bonchev–Trinajstić information content (AvgIpc) is 3.33. The van der Waals surface area contributed by atoms with E-state index in [9.17, 15) is 14.4 Å². The molecule has 202 valence electrons. The van der Waals surface area contributed by atoms with Gasteiger partial charge in [-0.2, -0.15) is 0 Å². The molecule has 0 aliphatic carbocycles. The third-order valence-corrected chi connectivity index (χ3v) is 6.61. The fourth-order valence-corrected chi connectivity index (χ4v) is 4.73. The van der Waals surface area contributed by atoms with Gasteiger partial charge in [-0.25, -0.2) is 9.78 Å². The number of hydrogen-bond donors (Lipinski definition) is 3. The highest BCUT2D eigenvalue weighted by molar-refractivity contribution is 6.07. The van der Waals surface area contributed by atoms with Crippen LogP contribution in [0.5, 0.6) is 0 Å². The molecule has 1 saturated heterocycles. The minimum atomic E-state index is -0.588. The zero-order chi connectivity index (χ0) is 27.6. The fourth-order valence-electron chi connectivity index (χ4n) is 4.73. The van der Waals surface area contributed by atoms with Gasteiger partial charge in [0.1, 0.15) is 16.8 Å². The van der Waals surface area contributed by atoms with E-state index in [0.29, 0.717) is 29.7 Å². The number of nitrogens with one attached hydrogen (secondary N) is 3. The Labute approximate surface area is 226 Å². The van der Waals surface area contributed by atoms with E-state index in [4.69, 9.17) is 4.74 Å². The monoisotopic (exact) mass is 528 g/mol. The van der Waals surface area contributed by atoms with Crippen LogP contribution in [0.15, 0.2) is 54.7 Å². The van der Waals surface area contributed by atoms with Gasteiger partial charge in [0, 0.05) is 24.7 Å². The SMILES string of the molecule is CC(C)(C)OC(=O)N1CCCCC1CNC(=O)c1cccc2[nH]c(NC(=O)c3cc4ccccc4cn3)nc12. The number of ether oxygens (including phenoxy) is 1. The number of nitrogens with zero attached hydrogens (tertiary/aromatic N) is 3. The van der Waals surface area contributed by atoms with E-state index in [2.05, 4.69) is 25.6 Å². The van der Waals surface area contributed by atoms with E-state index in [0.717, 1.165) is 30.0 Å². The molecule has 4 aromatic rings. The summed E-state index contributed by atoms with van der Waals surface area (Å²) in [5, 5.41) is 7.55. The van der Waals surface area contributed by atoms with Crippen LogP contribution in [-0.4, -0.2) is 62.5 Å². The molecule has 2 aromatic heterocycles. The zero-order valence-corrected chi connectivity index (χ0v) is 22.3. The lowest BCUT2D eigenvalue weighted by Gasteiger charge is -2.36. The van der Waals surface area contributed by atoms with Crippen molar-refractivity contribution in [3.63, 3.8) is 0 Å². The molecule has 0 radical (unpaired) electrons. The van der Waals surface area contributed by atoms with Crippen molar-refractivity contribution in [2.24, 2.45) is 0 Å². The summed E-state index contributed by atoms with van der Waals surface area (Å²) in [6.07, 6.45) is 3.95. The Balaban J connectivity index is 1.28. The first-order valence-electron chi connectivity index (χ1n) is 13.1. The third-order valence-electron chi connectivity index (χ3n) is 6.61. The molecule has 0 bridgehead atoms. The number of hydrogen-bond acceptors (Lipinski definition) is 6. The maximum Gasteiger partial charge on any atom is 0.410 e. The Kier molecular flexibility index (Phi) is 7.19. The van der Waals surface area contributed by atoms with Crippen LogP contribution >= 0.6 is 0 Å². The number of amides is 3. The predicted molar refractivity (Wildman–Crippen MR) is 149 cm³/mol. The number of imidazole rings is 1. The van der Waals surface area contributed by atoms with Crippen LogP contribution < -0.4 is 10.6 Å². The van der Waals surface area contributed by atoms with Crippen LogP contribution in [0.1, 0.15) is 60.9 Å². The molecule has 2 aromatic carbocycles. The number of piperidine rings is 1. The van der Waals surface area contributed by atoms with E-state index >= 15 is 0 Å². The highest BCUT2D eigenvalue weighted by atomic mass is 16.6. The summed E-state index contributed by atoms with van der Waals surface area (Å²) >= 11 is 0. The number of H-pyrrole nitrogens is 1. The average molecular weight is 529 g/mol. The number of likely N-dealkylation sites (tertiary alicyclic amines) is 1. The van der Waals surface area contributed by atoms with Gasteiger partial charge in [0.25, 0.3) is 11.8 Å². The van der Waals surface area contributed by atoms with Crippen molar-refractivity contribution >= 4 is 45.7 Å². The molecule has 1 fully saturated rings. The number of para-hydroxylation sites is 1. The largest absolute Gasteiger partial charge is 0.444 e. The number of fused-ring (bicyclic) bond motifs is 2. The van der Waals surface area contributed by atoms with E-state index in [-0.39, 0.29) is 29.7 Å². The van der Waals surface area contributed by atoms with Crippen LogP contribution in [0.25, 0.3) is 21.8 Å². The normalized spacial score (nSPS) is 15.8. The molecule has 39 heavy (non-hydrogen) atoms. The van der Waals surface area contributed by atoms with Gasteiger partial charge in [0.2, 0.25) is 5.95 Å². The zero-order valence-electron chi connectivity index (χ0n) is 22.3. The fraction of sp³-hybridized carbons (Fsp3) is 0.345. The summed E-state index contributed by atoms with van der Waals surface area (Å²) < 4.78 is 5.57. The van der Waals surface area contributed by atoms with Gasteiger partial charge in [-0.3, -0.25) is 19.9 Å². The molecule has 5 rings (SSSR count). The molecule has 1 atom stereocenters. The summed E-state index contributed by atoms with van der Waals surface area (Å²) in [5.74, 6) is -0.505. The first kappa shape index (κ1) is 26.1. The molecule has 10 heteroatoms. The molecular formula is C29H32N6O4. The lowest BCUT2D eigenvalue weighted by Crippen LogP contribution is -2.50. The molecule has 3 N–H and O–H groups in total. The topological polar surface area (TPSA) is 129 Å². The van der Waals surface area contributed by atoms with Gasteiger partial charge >= 0.3 is 6.09 Å². The predicted octanol–water partition coefficient (Wildman–Crippen LogP) is 4.88. The van der Waals surface area contributed by atoms with Crippen molar-refractivity contribution in [1.82, 2.24) is 25.2 Å². The lowest BCUT2D eigenvalue weighted by molar-refractivity contribution is 0.00985. The maximum atomic E-state index is 13.2. The Bertz CT molecular complexity index is 1540. The Hall–Kier alpha value is -4.47. The van der Waals surface area contributed by atoms with Gasteiger partial charge in [0.15, 0.2) is 0 Å². The second-order valence-corrected chi connectivity index (χ2v) is 10.7. The number of aromatic amines is 1. The Morgan fingerprint density at radius 3 is 2.64 bits per heavy atom. The van der Waals surface area contributed by atoms with E-state index in [1.54, 1.807) is 35.4 Å². The number of anilines is 1. The first-order valence-corrected chi connectivity index (χ1v) is 13.1. The van der Waals surface area contributed by atoms with Gasteiger partial charge in [0.05, 0.1) is 17.1 Å². The Morgan fingerprint density at radius 1 is 1.05 bits per heavy atom. The molecule has 0 saturated carbocycles. The van der Waals surface area contributed by atoms with E-state index < -0.39 is 11.5 Å². The smallest absolute Gasteiger partial charge is 0.410 e. The summed E-state index contributed by atoms with van der Waals surface area (Å²) in [5.41, 5.74) is 1.08.